The zero-order valence-corrected chi connectivity index (χ0v) is 13.0. The van der Waals surface area contributed by atoms with Gasteiger partial charge in [0.1, 0.15) is 0 Å². The fourth-order valence-electron chi connectivity index (χ4n) is 2.18. The summed E-state index contributed by atoms with van der Waals surface area (Å²) in [6.07, 6.45) is 0. The number of fused-ring (bicyclic) bond motifs is 1. The van der Waals surface area contributed by atoms with Gasteiger partial charge in [0.15, 0.2) is 5.13 Å². The van der Waals surface area contributed by atoms with E-state index >= 15 is 0 Å². The van der Waals surface area contributed by atoms with Gasteiger partial charge in [0.2, 0.25) is 0 Å². The van der Waals surface area contributed by atoms with Crippen molar-refractivity contribution in [3.05, 3.63) is 58.7 Å². The molecule has 0 unspecified atom stereocenters. The standard InChI is InChI=1S/C17H13N3OS/c1-10-6-7-14-15(11(10)2)19-17(22-14)20-16(21)13-5-3-4-12(8-13)9-18/h3-8H,1-2H3,(H,19,20,21). The predicted octanol–water partition coefficient (Wildman–Crippen LogP) is 4.04. The number of amides is 1. The van der Waals surface area contributed by atoms with Crippen molar-refractivity contribution in [2.45, 2.75) is 13.8 Å². The van der Waals surface area contributed by atoms with Crippen LogP contribution in [0.15, 0.2) is 36.4 Å². The van der Waals surface area contributed by atoms with Crippen molar-refractivity contribution in [2.24, 2.45) is 0 Å². The highest BCUT2D eigenvalue weighted by atomic mass is 32.1. The van der Waals surface area contributed by atoms with Crippen molar-refractivity contribution >= 4 is 32.6 Å². The van der Waals surface area contributed by atoms with Crippen molar-refractivity contribution in [1.82, 2.24) is 4.98 Å². The van der Waals surface area contributed by atoms with Crippen molar-refractivity contribution in [2.75, 3.05) is 5.32 Å². The van der Waals surface area contributed by atoms with Crippen LogP contribution in [0, 0.1) is 25.2 Å². The second-order valence-corrected chi connectivity index (χ2v) is 6.05. The molecule has 3 rings (SSSR count). The van der Waals surface area contributed by atoms with Crippen LogP contribution in [-0.4, -0.2) is 10.9 Å². The number of anilines is 1. The van der Waals surface area contributed by atoms with Crippen LogP contribution < -0.4 is 5.32 Å². The molecule has 2 aromatic carbocycles. The maximum Gasteiger partial charge on any atom is 0.257 e. The maximum absolute atomic E-state index is 12.3. The number of aromatic nitrogens is 1. The van der Waals surface area contributed by atoms with Crippen LogP contribution in [0.3, 0.4) is 0 Å². The molecule has 5 heteroatoms. The molecule has 1 heterocycles. The molecule has 0 bridgehead atoms. The smallest absolute Gasteiger partial charge is 0.257 e. The third kappa shape index (κ3) is 2.57. The van der Waals surface area contributed by atoms with Crippen LogP contribution in [0.1, 0.15) is 27.0 Å². The van der Waals surface area contributed by atoms with Gasteiger partial charge in [0.25, 0.3) is 5.91 Å². The third-order valence-electron chi connectivity index (χ3n) is 3.56. The SMILES string of the molecule is Cc1ccc2sc(NC(=O)c3cccc(C#N)c3)nc2c1C. The highest BCUT2D eigenvalue weighted by Crippen LogP contribution is 2.29. The minimum absolute atomic E-state index is 0.259. The maximum atomic E-state index is 12.3. The van der Waals surface area contributed by atoms with Crippen LogP contribution in [0.4, 0.5) is 5.13 Å². The number of thiazole rings is 1. The Kier molecular flexibility index (Phi) is 3.61. The first-order chi connectivity index (χ1) is 10.6. The Bertz CT molecular complexity index is 921. The number of nitrogens with zero attached hydrogens (tertiary/aromatic N) is 2. The van der Waals surface area contributed by atoms with E-state index in [9.17, 15) is 4.79 Å². The molecule has 0 fully saturated rings. The molecule has 0 atom stereocenters. The average molecular weight is 307 g/mol. The number of aryl methyl sites for hydroxylation is 2. The summed E-state index contributed by atoms with van der Waals surface area (Å²) in [5.74, 6) is -0.259. The average Bonchev–Trinajstić information content (AvgIpc) is 2.94. The molecular weight excluding hydrogens is 294 g/mol. The van der Waals surface area contributed by atoms with E-state index in [1.165, 1.54) is 16.9 Å². The first-order valence-electron chi connectivity index (χ1n) is 6.77. The lowest BCUT2D eigenvalue weighted by molar-refractivity contribution is 0.102. The van der Waals surface area contributed by atoms with Gasteiger partial charge < -0.3 is 0 Å². The highest BCUT2D eigenvalue weighted by molar-refractivity contribution is 7.22. The van der Waals surface area contributed by atoms with Gasteiger partial charge in [-0.1, -0.05) is 23.5 Å². The number of carbonyl (C=O) groups excluding carboxylic acids is 1. The summed E-state index contributed by atoms with van der Waals surface area (Å²) >= 11 is 1.45. The minimum Gasteiger partial charge on any atom is -0.298 e. The number of nitrogens with one attached hydrogen (secondary N) is 1. The molecule has 0 saturated heterocycles. The van der Waals surface area contributed by atoms with Gasteiger partial charge >= 0.3 is 0 Å². The summed E-state index contributed by atoms with van der Waals surface area (Å²) in [6.45, 7) is 4.07. The molecule has 1 N–H and O–H groups in total. The largest absolute Gasteiger partial charge is 0.298 e. The molecular formula is C17H13N3OS. The summed E-state index contributed by atoms with van der Waals surface area (Å²) < 4.78 is 1.05. The van der Waals surface area contributed by atoms with Crippen LogP contribution in [0.2, 0.25) is 0 Å². The Morgan fingerprint density at radius 2 is 2.09 bits per heavy atom. The van der Waals surface area contributed by atoms with E-state index in [2.05, 4.69) is 16.4 Å². The van der Waals surface area contributed by atoms with E-state index in [-0.39, 0.29) is 5.91 Å². The number of benzene rings is 2. The van der Waals surface area contributed by atoms with Gasteiger partial charge in [-0.15, -0.1) is 0 Å². The zero-order chi connectivity index (χ0) is 15.7. The first-order valence-corrected chi connectivity index (χ1v) is 7.58. The molecule has 0 aliphatic rings. The van der Waals surface area contributed by atoms with E-state index in [0.29, 0.717) is 16.3 Å². The first kappa shape index (κ1) is 14.2. The normalized spacial score (nSPS) is 10.4. The van der Waals surface area contributed by atoms with Crippen LogP contribution in [0.5, 0.6) is 0 Å². The molecule has 0 radical (unpaired) electrons. The van der Waals surface area contributed by atoms with Gasteiger partial charge in [-0.2, -0.15) is 5.26 Å². The lowest BCUT2D eigenvalue weighted by Crippen LogP contribution is -2.11. The Morgan fingerprint density at radius 1 is 1.27 bits per heavy atom. The van der Waals surface area contributed by atoms with Gasteiger partial charge in [-0.3, -0.25) is 10.1 Å². The van der Waals surface area contributed by atoms with E-state index < -0.39 is 0 Å². The van der Waals surface area contributed by atoms with Crippen molar-refractivity contribution < 1.29 is 4.79 Å². The highest BCUT2D eigenvalue weighted by Gasteiger charge is 2.12. The van der Waals surface area contributed by atoms with Crippen LogP contribution in [-0.2, 0) is 0 Å². The second-order valence-electron chi connectivity index (χ2n) is 5.02. The quantitative estimate of drug-likeness (QED) is 0.777. The van der Waals surface area contributed by atoms with Crippen molar-refractivity contribution in [1.29, 1.82) is 5.26 Å². The summed E-state index contributed by atoms with van der Waals surface area (Å²) in [4.78, 5) is 16.8. The fourth-order valence-corrected chi connectivity index (χ4v) is 3.10. The summed E-state index contributed by atoms with van der Waals surface area (Å²) in [5, 5.41) is 12.3. The number of hydrogen-bond acceptors (Lipinski definition) is 4. The van der Waals surface area contributed by atoms with Gasteiger partial charge in [0.05, 0.1) is 21.8 Å². The molecule has 0 spiro atoms. The topological polar surface area (TPSA) is 65.8 Å². The Hall–Kier alpha value is -2.71. The monoisotopic (exact) mass is 307 g/mol. The summed E-state index contributed by atoms with van der Waals surface area (Å²) in [5.41, 5.74) is 4.14. The van der Waals surface area contributed by atoms with Gasteiger partial charge in [-0.25, -0.2) is 4.98 Å². The molecule has 22 heavy (non-hydrogen) atoms. The molecule has 0 aliphatic heterocycles. The zero-order valence-electron chi connectivity index (χ0n) is 12.2. The Morgan fingerprint density at radius 3 is 2.86 bits per heavy atom. The molecule has 0 aliphatic carbocycles. The van der Waals surface area contributed by atoms with E-state index in [4.69, 9.17) is 5.26 Å². The lowest BCUT2D eigenvalue weighted by atomic mass is 10.1. The summed E-state index contributed by atoms with van der Waals surface area (Å²) in [6, 6.07) is 12.7. The predicted molar refractivity (Wildman–Crippen MR) is 88.2 cm³/mol. The minimum atomic E-state index is -0.259. The number of rotatable bonds is 2. The van der Waals surface area contributed by atoms with Gasteiger partial charge in [-0.05, 0) is 49.2 Å². The second kappa shape index (κ2) is 5.58. The third-order valence-corrected chi connectivity index (χ3v) is 4.50. The number of hydrogen-bond donors (Lipinski definition) is 1. The summed E-state index contributed by atoms with van der Waals surface area (Å²) in [7, 11) is 0. The number of carbonyl (C=O) groups is 1. The fraction of sp³-hybridized carbons (Fsp3) is 0.118. The van der Waals surface area contributed by atoms with E-state index in [0.717, 1.165) is 15.8 Å². The van der Waals surface area contributed by atoms with Crippen molar-refractivity contribution in [3.63, 3.8) is 0 Å². The van der Waals surface area contributed by atoms with Gasteiger partial charge in [0, 0.05) is 5.56 Å². The van der Waals surface area contributed by atoms with Crippen molar-refractivity contribution in [3.8, 4) is 6.07 Å². The molecule has 4 nitrogen and oxygen atoms in total. The molecule has 108 valence electrons. The molecule has 1 amide bonds. The Labute approximate surface area is 132 Å². The molecule has 1 aromatic heterocycles. The Balaban J connectivity index is 1.91. The lowest BCUT2D eigenvalue weighted by Gasteiger charge is -2.01. The molecule has 3 aromatic rings. The number of nitriles is 1. The van der Waals surface area contributed by atoms with E-state index in [1.54, 1.807) is 24.3 Å². The van der Waals surface area contributed by atoms with Crippen LogP contribution in [0.25, 0.3) is 10.2 Å². The molecule has 0 saturated carbocycles. The van der Waals surface area contributed by atoms with E-state index in [1.807, 2.05) is 26.0 Å². The van der Waals surface area contributed by atoms with Crippen LogP contribution >= 0.6 is 11.3 Å².